The van der Waals surface area contributed by atoms with Crippen molar-refractivity contribution in [1.82, 2.24) is 0 Å². The number of nitrogens with zero attached hydrogens (tertiary/aromatic N) is 1. The highest BCUT2D eigenvalue weighted by Crippen LogP contribution is 2.60. The molecule has 25 heavy (non-hydrogen) atoms. The molecule has 0 N–H and O–H groups in total. The smallest absolute Gasteiger partial charge is 0.146 e. The molecule has 0 radical (unpaired) electrons. The van der Waals surface area contributed by atoms with E-state index in [1.807, 2.05) is 11.8 Å². The van der Waals surface area contributed by atoms with Gasteiger partial charge in [0.1, 0.15) is 19.8 Å². The fourth-order valence-corrected chi connectivity index (χ4v) is 5.59. The molecule has 0 aromatic heterocycles. The van der Waals surface area contributed by atoms with Crippen LogP contribution in [0.3, 0.4) is 0 Å². The molecule has 1 atom stereocenters. The Morgan fingerprint density at radius 2 is 1.60 bits per heavy atom. The lowest BCUT2D eigenvalue weighted by molar-refractivity contribution is -0.524. The summed E-state index contributed by atoms with van der Waals surface area (Å²) in [6, 6.07) is 16.1. The Labute approximate surface area is 155 Å². The van der Waals surface area contributed by atoms with Gasteiger partial charge in [-0.15, -0.1) is 11.8 Å². The number of piperidine rings is 1. The number of hydrogen-bond donors (Lipinski definition) is 0. The van der Waals surface area contributed by atoms with E-state index in [-0.39, 0.29) is 4.75 Å². The summed E-state index contributed by atoms with van der Waals surface area (Å²) in [6.07, 6.45) is 2.27. The van der Waals surface area contributed by atoms with E-state index in [4.69, 9.17) is 0 Å². The molecule has 2 heteroatoms. The lowest BCUT2D eigenvalue weighted by Crippen LogP contribution is -2.24. The minimum Gasteiger partial charge on any atom is -0.242 e. The van der Waals surface area contributed by atoms with Gasteiger partial charge in [-0.1, -0.05) is 53.1 Å². The van der Waals surface area contributed by atoms with Crippen LogP contribution in [-0.4, -0.2) is 24.4 Å². The van der Waals surface area contributed by atoms with Gasteiger partial charge in [-0.05, 0) is 43.5 Å². The molecular formula is C23H26NS+. The normalized spacial score (nSPS) is 23.1. The predicted molar refractivity (Wildman–Crippen MR) is 109 cm³/mol. The number of thioether (sulfide) groups is 1. The van der Waals surface area contributed by atoms with Gasteiger partial charge >= 0.3 is 0 Å². The fraction of sp³-hybridized carbons (Fsp3) is 0.348. The van der Waals surface area contributed by atoms with Gasteiger partial charge in [0.2, 0.25) is 0 Å². The van der Waals surface area contributed by atoms with Crippen LogP contribution < -0.4 is 0 Å². The van der Waals surface area contributed by atoms with Crippen molar-refractivity contribution in [3.8, 4) is 0 Å². The van der Waals surface area contributed by atoms with Crippen LogP contribution in [0.25, 0.3) is 5.57 Å². The van der Waals surface area contributed by atoms with Gasteiger partial charge in [0, 0.05) is 17.7 Å². The van der Waals surface area contributed by atoms with Crippen LogP contribution in [0.5, 0.6) is 0 Å². The maximum absolute atomic E-state index is 4.13. The lowest BCUT2D eigenvalue weighted by Gasteiger charge is -2.30. The molecule has 1 saturated heterocycles. The second-order valence-corrected chi connectivity index (χ2v) is 9.06. The summed E-state index contributed by atoms with van der Waals surface area (Å²) < 4.78 is 2.20. The number of aryl methyl sites for hydroxylation is 2. The highest BCUT2D eigenvalue weighted by Gasteiger charge is 2.42. The van der Waals surface area contributed by atoms with Crippen molar-refractivity contribution in [2.45, 2.75) is 43.3 Å². The minimum atomic E-state index is 0.00248. The molecule has 2 heterocycles. The molecule has 2 aliphatic rings. The van der Waals surface area contributed by atoms with E-state index in [1.54, 1.807) is 11.1 Å². The van der Waals surface area contributed by atoms with Crippen LogP contribution >= 0.6 is 11.8 Å². The zero-order valence-corrected chi connectivity index (χ0v) is 16.2. The van der Waals surface area contributed by atoms with Gasteiger partial charge < -0.3 is 0 Å². The summed E-state index contributed by atoms with van der Waals surface area (Å²) >= 11 is 2.02. The number of hydrogen-bond acceptors (Lipinski definition) is 1. The molecule has 128 valence electrons. The Hall–Kier alpha value is -1.80. The predicted octanol–water partition coefficient (Wildman–Crippen LogP) is 5.59. The van der Waals surface area contributed by atoms with E-state index in [1.165, 1.54) is 27.1 Å². The highest BCUT2D eigenvalue weighted by atomic mass is 32.2. The molecular weight excluding hydrogens is 322 g/mol. The van der Waals surface area contributed by atoms with Crippen molar-refractivity contribution < 1.29 is 4.58 Å². The summed E-state index contributed by atoms with van der Waals surface area (Å²) in [5, 5.41) is 0. The third kappa shape index (κ3) is 2.87. The van der Waals surface area contributed by atoms with E-state index in [2.05, 4.69) is 74.5 Å². The topological polar surface area (TPSA) is 3.01 Å². The van der Waals surface area contributed by atoms with E-state index < -0.39 is 0 Å². The molecule has 2 aliphatic heterocycles. The molecule has 2 aromatic rings. The molecule has 4 rings (SSSR count). The Kier molecular flexibility index (Phi) is 4.11. The maximum Gasteiger partial charge on any atom is 0.146 e. The van der Waals surface area contributed by atoms with Crippen molar-refractivity contribution in [1.29, 1.82) is 0 Å². The summed E-state index contributed by atoms with van der Waals surface area (Å²) in [5.41, 5.74) is 8.73. The first-order chi connectivity index (χ1) is 12.0. The van der Waals surface area contributed by atoms with Gasteiger partial charge in [0.25, 0.3) is 0 Å². The Bertz CT molecular complexity index is 863. The van der Waals surface area contributed by atoms with Gasteiger partial charge in [0.05, 0.1) is 4.75 Å². The summed E-state index contributed by atoms with van der Waals surface area (Å²) in [6.45, 7) is 13.0. The van der Waals surface area contributed by atoms with E-state index in [9.17, 15) is 0 Å². The Morgan fingerprint density at radius 1 is 0.960 bits per heavy atom. The molecule has 0 spiro atoms. The first kappa shape index (κ1) is 16.7. The zero-order valence-electron chi connectivity index (χ0n) is 15.4. The quantitative estimate of drug-likeness (QED) is 0.608. The number of benzene rings is 2. The molecule has 1 nitrogen and oxygen atoms in total. The van der Waals surface area contributed by atoms with Crippen molar-refractivity contribution in [3.63, 3.8) is 0 Å². The van der Waals surface area contributed by atoms with Crippen LogP contribution in [0.4, 0.5) is 0 Å². The molecule has 0 aliphatic carbocycles. The summed E-state index contributed by atoms with van der Waals surface area (Å²) in [4.78, 5) is 1.42. The largest absolute Gasteiger partial charge is 0.242 e. The first-order valence-electron chi connectivity index (χ1n) is 9.12. The summed E-state index contributed by atoms with van der Waals surface area (Å²) in [5.74, 6) is 0. The zero-order chi connectivity index (χ0) is 17.6. The summed E-state index contributed by atoms with van der Waals surface area (Å²) in [7, 11) is 0. The minimum absolute atomic E-state index is 0.00248. The van der Waals surface area contributed by atoms with Gasteiger partial charge in [-0.2, -0.15) is 0 Å². The molecule has 1 fully saturated rings. The van der Waals surface area contributed by atoms with Crippen LogP contribution in [0.1, 0.15) is 42.0 Å². The SMILES string of the molecule is C=[N+]1CCC(=C2c3cc(C)ccc3SC2(C)c2ccc(C)cc2)CC1. The third-order valence-corrected chi connectivity index (χ3v) is 7.04. The average molecular weight is 349 g/mol. The van der Waals surface area contributed by atoms with Crippen molar-refractivity contribution in [3.05, 3.63) is 70.3 Å². The van der Waals surface area contributed by atoms with E-state index >= 15 is 0 Å². The highest BCUT2D eigenvalue weighted by molar-refractivity contribution is 8.01. The van der Waals surface area contributed by atoms with Crippen molar-refractivity contribution in [2.24, 2.45) is 0 Å². The monoisotopic (exact) mass is 348 g/mol. The lowest BCUT2D eigenvalue weighted by atomic mass is 9.81. The van der Waals surface area contributed by atoms with Gasteiger partial charge in [-0.25, -0.2) is 4.58 Å². The van der Waals surface area contributed by atoms with Crippen LogP contribution in [0.15, 0.2) is 52.9 Å². The Morgan fingerprint density at radius 3 is 2.28 bits per heavy atom. The molecule has 2 aromatic carbocycles. The number of fused-ring (bicyclic) bond motifs is 1. The third-order valence-electron chi connectivity index (χ3n) is 5.61. The van der Waals surface area contributed by atoms with Crippen LogP contribution in [0, 0.1) is 13.8 Å². The maximum atomic E-state index is 4.13. The van der Waals surface area contributed by atoms with Crippen molar-refractivity contribution in [2.75, 3.05) is 13.1 Å². The van der Waals surface area contributed by atoms with E-state index in [0.29, 0.717) is 0 Å². The number of rotatable bonds is 1. The molecule has 1 unspecified atom stereocenters. The molecule has 0 bridgehead atoms. The van der Waals surface area contributed by atoms with Crippen LogP contribution in [0.2, 0.25) is 0 Å². The van der Waals surface area contributed by atoms with Gasteiger partial charge in [0.15, 0.2) is 0 Å². The standard InChI is InChI=1S/C23H26NS/c1-16-5-8-19(9-6-16)23(3)22(18-11-13-24(4)14-12-18)20-15-17(2)7-10-21(20)25-23/h5-10,15H,4,11-14H2,1-3H3/q+1. The van der Waals surface area contributed by atoms with Crippen LogP contribution in [-0.2, 0) is 4.75 Å². The van der Waals surface area contributed by atoms with Gasteiger partial charge in [-0.3, -0.25) is 0 Å². The average Bonchev–Trinajstić information content (AvgIpc) is 2.89. The molecule has 0 amide bonds. The second kappa shape index (κ2) is 6.17. The molecule has 0 saturated carbocycles. The van der Waals surface area contributed by atoms with Crippen molar-refractivity contribution >= 4 is 24.1 Å². The second-order valence-electron chi connectivity index (χ2n) is 7.60. The Balaban J connectivity index is 1.90. The fourth-order valence-electron chi connectivity index (χ4n) is 4.13. The van der Waals surface area contributed by atoms with E-state index in [0.717, 1.165) is 25.9 Å². The first-order valence-corrected chi connectivity index (χ1v) is 9.94.